The largest absolute Gasteiger partial charge is 0.496 e. The lowest BCUT2D eigenvalue weighted by molar-refractivity contribution is 0.409. The summed E-state index contributed by atoms with van der Waals surface area (Å²) in [4.78, 5) is 4.22. The monoisotopic (exact) mass is 390 g/mol. The first-order valence-corrected chi connectivity index (χ1v) is 10.2. The second-order valence-corrected chi connectivity index (χ2v) is 7.80. The zero-order chi connectivity index (χ0) is 19.7. The molecule has 0 fully saturated rings. The Morgan fingerprint density at radius 2 is 1.63 bits per heavy atom. The van der Waals surface area contributed by atoms with Gasteiger partial charge in [-0.3, -0.25) is 4.99 Å². The molecule has 7 nitrogen and oxygen atoms in total. The molecule has 146 valence electrons. The molecule has 0 saturated carbocycles. The van der Waals surface area contributed by atoms with Gasteiger partial charge < -0.3 is 15.4 Å². The van der Waals surface area contributed by atoms with E-state index in [1.54, 1.807) is 14.2 Å². The average molecular weight is 391 g/mol. The van der Waals surface area contributed by atoms with Gasteiger partial charge in [-0.2, -0.15) is 0 Å². The predicted octanol–water partition coefficient (Wildman–Crippen LogP) is 1.61. The average Bonchev–Trinajstić information content (AvgIpc) is 2.69. The Morgan fingerprint density at radius 3 is 2.26 bits per heavy atom. The first-order valence-electron chi connectivity index (χ1n) is 8.53. The number of aliphatic imine (C=N–C) groups is 1. The quantitative estimate of drug-likeness (QED) is 0.470. The molecule has 2 aromatic carbocycles. The van der Waals surface area contributed by atoms with E-state index in [1.807, 2.05) is 48.5 Å². The van der Waals surface area contributed by atoms with Gasteiger partial charge in [0.2, 0.25) is 10.0 Å². The highest BCUT2D eigenvalue weighted by Crippen LogP contribution is 2.16. The summed E-state index contributed by atoms with van der Waals surface area (Å²) in [7, 11) is 1.52. The molecule has 0 bridgehead atoms. The lowest BCUT2D eigenvalue weighted by Crippen LogP contribution is -2.36. The van der Waals surface area contributed by atoms with Gasteiger partial charge in [-0.05, 0) is 24.2 Å². The van der Waals surface area contributed by atoms with Crippen molar-refractivity contribution in [2.75, 3.05) is 21.2 Å². The Balaban J connectivity index is 1.88. The highest BCUT2D eigenvalue weighted by atomic mass is 32.2. The van der Waals surface area contributed by atoms with Crippen LogP contribution in [-0.4, -0.2) is 35.6 Å². The van der Waals surface area contributed by atoms with E-state index < -0.39 is 10.0 Å². The van der Waals surface area contributed by atoms with E-state index in [4.69, 9.17) is 4.74 Å². The van der Waals surface area contributed by atoms with Crippen molar-refractivity contribution in [3.63, 3.8) is 0 Å². The molecule has 2 aromatic rings. The Kier molecular flexibility index (Phi) is 7.63. The fraction of sp³-hybridized carbons (Fsp3) is 0.316. The molecule has 0 aliphatic rings. The third kappa shape index (κ3) is 6.58. The summed E-state index contributed by atoms with van der Waals surface area (Å²) in [6.07, 6.45) is 0. The van der Waals surface area contributed by atoms with Gasteiger partial charge in [0.15, 0.2) is 5.96 Å². The number of nitrogens with zero attached hydrogens (tertiary/aromatic N) is 1. The number of guanidine groups is 1. The fourth-order valence-electron chi connectivity index (χ4n) is 2.48. The van der Waals surface area contributed by atoms with E-state index in [0.29, 0.717) is 19.0 Å². The zero-order valence-corrected chi connectivity index (χ0v) is 16.6. The number of nitrogens with one attached hydrogen (secondary N) is 3. The highest BCUT2D eigenvalue weighted by Gasteiger charge is 2.08. The van der Waals surface area contributed by atoms with E-state index >= 15 is 0 Å². The van der Waals surface area contributed by atoms with Gasteiger partial charge in [-0.25, -0.2) is 13.1 Å². The minimum absolute atomic E-state index is 0.0284. The molecule has 27 heavy (non-hydrogen) atoms. The lowest BCUT2D eigenvalue weighted by Gasteiger charge is -2.14. The van der Waals surface area contributed by atoms with E-state index in [1.165, 1.54) is 7.05 Å². The van der Waals surface area contributed by atoms with Crippen LogP contribution in [0.15, 0.2) is 53.5 Å². The second-order valence-electron chi connectivity index (χ2n) is 5.87. The predicted molar refractivity (Wildman–Crippen MR) is 108 cm³/mol. The Bertz CT molecular complexity index is 865. The number of rotatable bonds is 8. The molecular formula is C19H26N4O3S. The van der Waals surface area contributed by atoms with Crippen LogP contribution in [0.2, 0.25) is 0 Å². The molecule has 0 aromatic heterocycles. The highest BCUT2D eigenvalue weighted by molar-refractivity contribution is 7.88. The summed E-state index contributed by atoms with van der Waals surface area (Å²) in [5, 5.41) is 6.49. The number of para-hydroxylation sites is 1. The van der Waals surface area contributed by atoms with Gasteiger partial charge in [0.05, 0.1) is 12.9 Å². The van der Waals surface area contributed by atoms with E-state index in [2.05, 4.69) is 20.3 Å². The molecule has 0 atom stereocenters. The Hall–Kier alpha value is -2.58. The summed E-state index contributed by atoms with van der Waals surface area (Å²) < 4.78 is 30.8. The van der Waals surface area contributed by atoms with Crippen LogP contribution >= 0.6 is 0 Å². The van der Waals surface area contributed by atoms with Crippen molar-refractivity contribution in [3.8, 4) is 5.75 Å². The van der Waals surface area contributed by atoms with E-state index in [9.17, 15) is 8.42 Å². The molecule has 0 spiro atoms. The van der Waals surface area contributed by atoms with Crippen LogP contribution < -0.4 is 20.1 Å². The summed E-state index contributed by atoms with van der Waals surface area (Å²) in [5.41, 5.74) is 2.81. The normalized spacial score (nSPS) is 11.9. The van der Waals surface area contributed by atoms with E-state index in [0.717, 1.165) is 22.4 Å². The van der Waals surface area contributed by atoms with Crippen LogP contribution in [0.4, 0.5) is 0 Å². The number of benzene rings is 2. The molecule has 8 heteroatoms. The third-order valence-electron chi connectivity index (χ3n) is 4.01. The van der Waals surface area contributed by atoms with Crippen molar-refractivity contribution >= 4 is 16.0 Å². The minimum atomic E-state index is -3.26. The van der Waals surface area contributed by atoms with Crippen molar-refractivity contribution in [2.24, 2.45) is 4.99 Å². The van der Waals surface area contributed by atoms with Crippen LogP contribution in [0.1, 0.15) is 16.7 Å². The number of hydrogen-bond acceptors (Lipinski definition) is 4. The van der Waals surface area contributed by atoms with Crippen LogP contribution in [0.5, 0.6) is 5.75 Å². The molecule has 0 heterocycles. The fourth-order valence-corrected chi connectivity index (χ4v) is 3.25. The maximum atomic E-state index is 11.6. The number of methoxy groups -OCH3 is 1. The molecule has 3 N–H and O–H groups in total. The standard InChI is InChI=1S/C19H26N4O3S/c1-20-19(23-13-17-6-4-5-7-18(17)26-3)22-12-15-8-10-16(11-9-15)14-27(24,25)21-2/h4-11,21H,12-14H2,1-3H3,(H2,20,22,23). The second kappa shape index (κ2) is 9.94. The lowest BCUT2D eigenvalue weighted by atomic mass is 10.1. The zero-order valence-electron chi connectivity index (χ0n) is 15.8. The SMILES string of the molecule is CN=C(NCc1ccc(CS(=O)(=O)NC)cc1)NCc1ccccc1OC. The molecule has 0 aliphatic heterocycles. The van der Waals surface area contributed by atoms with Gasteiger partial charge in [0.25, 0.3) is 0 Å². The maximum Gasteiger partial charge on any atom is 0.215 e. The van der Waals surface area contributed by atoms with Crippen molar-refractivity contribution in [1.29, 1.82) is 0 Å². The van der Waals surface area contributed by atoms with Crippen molar-refractivity contribution in [2.45, 2.75) is 18.8 Å². The van der Waals surface area contributed by atoms with Crippen molar-refractivity contribution < 1.29 is 13.2 Å². The summed E-state index contributed by atoms with van der Waals surface area (Å²) >= 11 is 0. The van der Waals surface area contributed by atoms with E-state index in [-0.39, 0.29) is 5.75 Å². The minimum Gasteiger partial charge on any atom is -0.496 e. The van der Waals surface area contributed by atoms with Crippen molar-refractivity contribution in [1.82, 2.24) is 15.4 Å². The molecular weight excluding hydrogens is 364 g/mol. The Morgan fingerprint density at radius 1 is 1.00 bits per heavy atom. The van der Waals surface area contributed by atoms with Crippen LogP contribution in [0, 0.1) is 0 Å². The van der Waals surface area contributed by atoms with Crippen molar-refractivity contribution in [3.05, 3.63) is 65.2 Å². The first-order chi connectivity index (χ1) is 13.0. The Labute approximate surface area is 160 Å². The molecule has 0 unspecified atom stereocenters. The van der Waals surface area contributed by atoms with Crippen LogP contribution in [0.3, 0.4) is 0 Å². The van der Waals surface area contributed by atoms with Gasteiger partial charge in [0, 0.05) is 25.7 Å². The maximum absolute atomic E-state index is 11.6. The van der Waals surface area contributed by atoms with Gasteiger partial charge >= 0.3 is 0 Å². The molecule has 0 saturated heterocycles. The van der Waals surface area contributed by atoms with Gasteiger partial charge in [-0.15, -0.1) is 0 Å². The smallest absolute Gasteiger partial charge is 0.215 e. The first kappa shape index (κ1) is 20.7. The van der Waals surface area contributed by atoms with Crippen LogP contribution in [0.25, 0.3) is 0 Å². The summed E-state index contributed by atoms with van der Waals surface area (Å²) in [5.74, 6) is 1.47. The molecule has 0 radical (unpaired) electrons. The van der Waals surface area contributed by atoms with Gasteiger partial charge in [0.1, 0.15) is 5.75 Å². The van der Waals surface area contributed by atoms with Crippen LogP contribution in [-0.2, 0) is 28.9 Å². The molecule has 0 amide bonds. The molecule has 0 aliphatic carbocycles. The topological polar surface area (TPSA) is 91.8 Å². The third-order valence-corrected chi connectivity index (χ3v) is 5.35. The molecule has 2 rings (SSSR count). The summed E-state index contributed by atoms with van der Waals surface area (Å²) in [6.45, 7) is 1.16. The summed E-state index contributed by atoms with van der Waals surface area (Å²) in [6, 6.07) is 15.3. The number of hydrogen-bond donors (Lipinski definition) is 3. The number of sulfonamides is 1. The van der Waals surface area contributed by atoms with Gasteiger partial charge in [-0.1, -0.05) is 42.5 Å². The number of ether oxygens (including phenoxy) is 1.